The molecule has 0 radical (unpaired) electrons. The molecule has 0 spiro atoms. The average molecular weight is 448 g/mol. The van der Waals surface area contributed by atoms with Crippen LogP contribution in [0.3, 0.4) is 0 Å². The molecule has 112 valence electrons. The third kappa shape index (κ3) is 5.28. The summed E-state index contributed by atoms with van der Waals surface area (Å²) in [5.74, 6) is 0.0351. The maximum absolute atomic E-state index is 12.1. The predicted molar refractivity (Wildman–Crippen MR) is 92.1 cm³/mol. The molecule has 0 unspecified atom stereocenters. The van der Waals surface area contributed by atoms with Crippen LogP contribution >= 0.6 is 56.1 Å². The summed E-state index contributed by atoms with van der Waals surface area (Å²) in [6, 6.07) is 4.64. The molecule has 1 aromatic carbocycles. The number of nitrogens with one attached hydrogen (secondary N) is 1. The van der Waals surface area contributed by atoms with Crippen LogP contribution in [0.4, 0.5) is 0 Å². The van der Waals surface area contributed by atoms with E-state index in [4.69, 9.17) is 27.9 Å². The lowest BCUT2D eigenvalue weighted by Gasteiger charge is -2.15. The minimum atomic E-state index is -0.516. The van der Waals surface area contributed by atoms with Gasteiger partial charge in [-0.1, -0.05) is 37.0 Å². The van der Waals surface area contributed by atoms with Crippen LogP contribution in [0.15, 0.2) is 28.6 Å². The zero-order valence-corrected chi connectivity index (χ0v) is 16.0. The number of rotatable bonds is 4. The van der Waals surface area contributed by atoms with E-state index in [0.29, 0.717) is 15.4 Å². The Morgan fingerprint density at radius 3 is 2.40 bits per heavy atom. The van der Waals surface area contributed by atoms with Gasteiger partial charge in [-0.05, 0) is 34.1 Å². The third-order valence-electron chi connectivity index (χ3n) is 2.31. The van der Waals surface area contributed by atoms with Crippen molar-refractivity contribution in [2.75, 3.05) is 7.05 Å². The summed E-state index contributed by atoms with van der Waals surface area (Å²) < 4.78 is 6.00. The van der Waals surface area contributed by atoms with E-state index in [9.17, 15) is 4.79 Å². The number of carbonyl (C=O) groups excluding carboxylic acids is 1. The maximum Gasteiger partial charge on any atom is 0.344 e. The number of carbonyl (C=O) groups is 1. The van der Waals surface area contributed by atoms with Gasteiger partial charge in [0.05, 0.1) is 10.6 Å². The standard InChI is InChI=1S/C13H14BrCl2NO2.BrH/c1-7(2)11(12(14)17-3)19-13(18)9-5-4-8(15)6-10(9)16;/h4-7,17H,1-3H3;1H. The molecule has 0 heterocycles. The predicted octanol–water partition coefficient (Wildman–Crippen LogP) is 5.17. The molecule has 0 aliphatic rings. The molecule has 7 heteroatoms. The molecule has 0 aliphatic carbocycles. The summed E-state index contributed by atoms with van der Waals surface area (Å²) in [5, 5.41) is 3.63. The number of esters is 1. The quantitative estimate of drug-likeness (QED) is 0.393. The Hall–Kier alpha value is -0.230. The van der Waals surface area contributed by atoms with Gasteiger partial charge in [0.2, 0.25) is 0 Å². The molecule has 0 saturated carbocycles. The van der Waals surface area contributed by atoms with Gasteiger partial charge in [0.15, 0.2) is 0 Å². The van der Waals surface area contributed by atoms with Gasteiger partial charge in [0.25, 0.3) is 0 Å². The summed E-state index contributed by atoms with van der Waals surface area (Å²) >= 11 is 15.1. The van der Waals surface area contributed by atoms with Crippen molar-refractivity contribution in [2.45, 2.75) is 13.8 Å². The van der Waals surface area contributed by atoms with Gasteiger partial charge in [0, 0.05) is 18.0 Å². The lowest BCUT2D eigenvalue weighted by atomic mass is 10.2. The zero-order chi connectivity index (χ0) is 14.6. The Kier molecular flexibility index (Phi) is 8.82. The van der Waals surface area contributed by atoms with E-state index in [0.717, 1.165) is 0 Å². The smallest absolute Gasteiger partial charge is 0.344 e. The van der Waals surface area contributed by atoms with Crippen LogP contribution in [0.5, 0.6) is 0 Å². The summed E-state index contributed by atoms with van der Waals surface area (Å²) in [7, 11) is 1.73. The average Bonchev–Trinajstić information content (AvgIpc) is 2.34. The van der Waals surface area contributed by atoms with Crippen molar-refractivity contribution in [3.05, 3.63) is 44.2 Å². The molecule has 3 nitrogen and oxygen atoms in total. The highest BCUT2D eigenvalue weighted by Gasteiger charge is 2.18. The molecule has 20 heavy (non-hydrogen) atoms. The Morgan fingerprint density at radius 2 is 1.95 bits per heavy atom. The molecular formula is C13H15Br2Cl2NO2. The fourth-order valence-corrected chi connectivity index (χ4v) is 2.37. The van der Waals surface area contributed by atoms with Crippen molar-refractivity contribution in [2.24, 2.45) is 5.92 Å². The Morgan fingerprint density at radius 1 is 1.35 bits per heavy atom. The summed E-state index contributed by atoms with van der Waals surface area (Å²) in [4.78, 5) is 12.1. The molecule has 1 aromatic rings. The number of hydrogen-bond acceptors (Lipinski definition) is 3. The van der Waals surface area contributed by atoms with Crippen LogP contribution in [-0.2, 0) is 4.74 Å². The van der Waals surface area contributed by atoms with Crippen LogP contribution in [0.1, 0.15) is 24.2 Å². The Balaban J connectivity index is 0.00000361. The van der Waals surface area contributed by atoms with Crippen LogP contribution in [0.25, 0.3) is 0 Å². The van der Waals surface area contributed by atoms with Crippen molar-refractivity contribution in [3.63, 3.8) is 0 Å². The lowest BCUT2D eigenvalue weighted by molar-refractivity contribution is 0.0592. The van der Waals surface area contributed by atoms with E-state index in [1.165, 1.54) is 12.1 Å². The topological polar surface area (TPSA) is 38.3 Å². The fourth-order valence-electron chi connectivity index (χ4n) is 1.35. The third-order valence-corrected chi connectivity index (χ3v) is 3.65. The number of halogens is 4. The molecular weight excluding hydrogens is 433 g/mol. The molecule has 0 atom stereocenters. The second kappa shape index (κ2) is 8.93. The first-order valence-electron chi connectivity index (χ1n) is 5.61. The SMILES string of the molecule is Br.CNC(Br)=C(OC(=O)c1ccc(Cl)cc1Cl)C(C)C. The molecule has 0 fully saturated rings. The highest BCUT2D eigenvalue weighted by molar-refractivity contribution is 9.11. The first-order chi connectivity index (χ1) is 8.86. The zero-order valence-electron chi connectivity index (χ0n) is 11.2. The van der Waals surface area contributed by atoms with Gasteiger partial charge in [-0.2, -0.15) is 0 Å². The number of benzene rings is 1. The fraction of sp³-hybridized carbons (Fsp3) is 0.308. The van der Waals surface area contributed by atoms with Gasteiger partial charge in [0.1, 0.15) is 10.4 Å². The highest BCUT2D eigenvalue weighted by Crippen LogP contribution is 2.25. The van der Waals surface area contributed by atoms with Crippen molar-refractivity contribution in [1.29, 1.82) is 0 Å². The van der Waals surface area contributed by atoms with E-state index in [-0.39, 0.29) is 33.5 Å². The molecule has 0 bridgehead atoms. The molecule has 0 aromatic heterocycles. The molecule has 0 amide bonds. The monoisotopic (exact) mass is 445 g/mol. The first kappa shape index (κ1) is 19.8. The lowest BCUT2D eigenvalue weighted by Crippen LogP contribution is -2.14. The van der Waals surface area contributed by atoms with E-state index in [1.807, 2.05) is 13.8 Å². The van der Waals surface area contributed by atoms with Crippen LogP contribution in [0.2, 0.25) is 10.0 Å². The second-order valence-corrected chi connectivity index (χ2v) is 5.73. The van der Waals surface area contributed by atoms with Gasteiger partial charge >= 0.3 is 5.97 Å². The van der Waals surface area contributed by atoms with Crippen LogP contribution in [0, 0.1) is 5.92 Å². The first-order valence-corrected chi connectivity index (χ1v) is 7.16. The van der Waals surface area contributed by atoms with Gasteiger partial charge in [-0.15, -0.1) is 17.0 Å². The second-order valence-electron chi connectivity index (χ2n) is 4.10. The number of hydrogen-bond donors (Lipinski definition) is 1. The normalized spacial score (nSPS) is 11.6. The minimum absolute atomic E-state index is 0. The van der Waals surface area contributed by atoms with E-state index in [2.05, 4.69) is 21.2 Å². The summed E-state index contributed by atoms with van der Waals surface area (Å²) in [5.41, 5.74) is 0.278. The van der Waals surface area contributed by atoms with Crippen molar-refractivity contribution >= 4 is 62.1 Å². The van der Waals surface area contributed by atoms with E-state index in [1.54, 1.807) is 13.1 Å². The van der Waals surface area contributed by atoms with Crippen molar-refractivity contribution < 1.29 is 9.53 Å². The largest absolute Gasteiger partial charge is 0.424 e. The van der Waals surface area contributed by atoms with Gasteiger partial charge in [-0.3, -0.25) is 0 Å². The van der Waals surface area contributed by atoms with E-state index < -0.39 is 5.97 Å². The minimum Gasteiger partial charge on any atom is -0.424 e. The van der Waals surface area contributed by atoms with Crippen molar-refractivity contribution in [3.8, 4) is 0 Å². The Bertz CT molecular complexity index is 519. The molecule has 0 aliphatic heterocycles. The van der Waals surface area contributed by atoms with Gasteiger partial charge in [-0.25, -0.2) is 4.79 Å². The maximum atomic E-state index is 12.1. The van der Waals surface area contributed by atoms with E-state index >= 15 is 0 Å². The molecule has 1 N–H and O–H groups in total. The molecule has 1 rings (SSSR count). The van der Waals surface area contributed by atoms with Crippen LogP contribution < -0.4 is 5.32 Å². The van der Waals surface area contributed by atoms with Gasteiger partial charge < -0.3 is 10.1 Å². The Labute approximate surface area is 147 Å². The number of allylic oxidation sites excluding steroid dienone is 1. The van der Waals surface area contributed by atoms with Crippen molar-refractivity contribution in [1.82, 2.24) is 5.32 Å². The number of ether oxygens (including phenoxy) is 1. The van der Waals surface area contributed by atoms with Crippen LogP contribution in [-0.4, -0.2) is 13.0 Å². The highest BCUT2D eigenvalue weighted by atomic mass is 79.9. The molecule has 0 saturated heterocycles. The summed E-state index contributed by atoms with van der Waals surface area (Å²) in [6.45, 7) is 3.84. The summed E-state index contributed by atoms with van der Waals surface area (Å²) in [6.07, 6.45) is 0.